The summed E-state index contributed by atoms with van der Waals surface area (Å²) >= 11 is 3.10. The van der Waals surface area contributed by atoms with Crippen molar-refractivity contribution in [1.82, 2.24) is 4.90 Å². The zero-order valence-electron chi connectivity index (χ0n) is 9.80. The maximum absolute atomic E-state index is 13.1. The number of hydrogen-bond acceptors (Lipinski definition) is 1. The molecule has 0 fully saturated rings. The molecule has 1 rings (SSSR count). The van der Waals surface area contributed by atoms with Gasteiger partial charge in [-0.2, -0.15) is 0 Å². The molecular weight excluding hydrogens is 311 g/mol. The topological polar surface area (TPSA) is 20.3 Å². The zero-order chi connectivity index (χ0) is 13.7. The molecule has 0 aliphatic heterocycles. The third-order valence-electron chi connectivity index (χ3n) is 2.43. The number of carbonyl (C=O) groups excluding carboxylic acids is 1. The Bertz CT molecular complexity index is 426. The highest BCUT2D eigenvalue weighted by Gasteiger charge is 2.20. The Morgan fingerprint density at radius 3 is 2.67 bits per heavy atom. The molecule has 0 atom stereocenters. The summed E-state index contributed by atoms with van der Waals surface area (Å²) in [7, 11) is 0. The predicted octanol–water partition coefficient (Wildman–Crippen LogP) is 3.24. The van der Waals surface area contributed by atoms with Crippen molar-refractivity contribution in [3.05, 3.63) is 35.1 Å². The predicted molar refractivity (Wildman–Crippen MR) is 66.8 cm³/mol. The Kier molecular flexibility index (Phi) is 5.65. The second kappa shape index (κ2) is 6.78. The lowest BCUT2D eigenvalue weighted by Crippen LogP contribution is -2.37. The Morgan fingerprint density at radius 1 is 1.44 bits per heavy atom. The number of amides is 1. The molecule has 100 valence electrons. The van der Waals surface area contributed by atoms with Crippen molar-refractivity contribution in [3.63, 3.8) is 0 Å². The number of hydrogen-bond donors (Lipinski definition) is 0. The van der Waals surface area contributed by atoms with E-state index in [0.717, 1.165) is 11.0 Å². The van der Waals surface area contributed by atoms with E-state index in [2.05, 4.69) is 15.9 Å². The summed E-state index contributed by atoms with van der Waals surface area (Å²) < 4.78 is 37.9. The van der Waals surface area contributed by atoms with Crippen LogP contribution in [0.2, 0.25) is 0 Å². The van der Waals surface area contributed by atoms with Gasteiger partial charge in [0.05, 0.1) is 6.54 Å². The van der Waals surface area contributed by atoms with Crippen LogP contribution in [0.4, 0.5) is 13.2 Å². The SMILES string of the molecule is Cc1ccc(F)cc1C(=O)N(CCBr)CC(F)F. The van der Waals surface area contributed by atoms with Crippen LogP contribution in [0.1, 0.15) is 15.9 Å². The van der Waals surface area contributed by atoms with Crippen LogP contribution in [-0.2, 0) is 0 Å². The van der Waals surface area contributed by atoms with Gasteiger partial charge >= 0.3 is 0 Å². The van der Waals surface area contributed by atoms with Crippen molar-refractivity contribution >= 4 is 21.8 Å². The monoisotopic (exact) mass is 323 g/mol. The molecule has 2 nitrogen and oxygen atoms in total. The number of alkyl halides is 3. The van der Waals surface area contributed by atoms with Gasteiger partial charge in [0.25, 0.3) is 12.3 Å². The molecule has 0 radical (unpaired) electrons. The Morgan fingerprint density at radius 2 is 2.11 bits per heavy atom. The highest BCUT2D eigenvalue weighted by Crippen LogP contribution is 2.14. The van der Waals surface area contributed by atoms with Crippen molar-refractivity contribution in [1.29, 1.82) is 0 Å². The molecule has 0 aliphatic rings. The van der Waals surface area contributed by atoms with Crippen molar-refractivity contribution in [2.75, 3.05) is 18.4 Å². The van der Waals surface area contributed by atoms with E-state index in [0.29, 0.717) is 10.9 Å². The van der Waals surface area contributed by atoms with Crippen molar-refractivity contribution < 1.29 is 18.0 Å². The van der Waals surface area contributed by atoms with E-state index >= 15 is 0 Å². The minimum Gasteiger partial charge on any atom is -0.332 e. The molecule has 18 heavy (non-hydrogen) atoms. The lowest BCUT2D eigenvalue weighted by atomic mass is 10.1. The molecule has 0 aliphatic carbocycles. The maximum Gasteiger partial charge on any atom is 0.255 e. The quantitative estimate of drug-likeness (QED) is 0.762. The van der Waals surface area contributed by atoms with Gasteiger partial charge in [0.2, 0.25) is 0 Å². The van der Waals surface area contributed by atoms with Crippen LogP contribution in [0.5, 0.6) is 0 Å². The van der Waals surface area contributed by atoms with Gasteiger partial charge in [-0.3, -0.25) is 4.79 Å². The summed E-state index contributed by atoms with van der Waals surface area (Å²) in [5.41, 5.74) is 0.687. The molecule has 0 saturated carbocycles. The largest absolute Gasteiger partial charge is 0.332 e. The lowest BCUT2D eigenvalue weighted by molar-refractivity contribution is 0.0571. The average Bonchev–Trinajstić information content (AvgIpc) is 2.30. The van der Waals surface area contributed by atoms with E-state index < -0.39 is 24.7 Å². The first-order chi connectivity index (χ1) is 8.45. The second-order valence-electron chi connectivity index (χ2n) is 3.79. The van der Waals surface area contributed by atoms with Crippen LogP contribution in [0.15, 0.2) is 18.2 Å². The van der Waals surface area contributed by atoms with Gasteiger partial charge in [-0.05, 0) is 24.6 Å². The van der Waals surface area contributed by atoms with Crippen LogP contribution in [0.3, 0.4) is 0 Å². The number of nitrogens with zero attached hydrogens (tertiary/aromatic N) is 1. The first-order valence-corrected chi connectivity index (χ1v) is 6.47. The molecule has 0 saturated heterocycles. The van der Waals surface area contributed by atoms with Crippen LogP contribution < -0.4 is 0 Å². The van der Waals surface area contributed by atoms with Gasteiger partial charge in [0.1, 0.15) is 5.82 Å². The van der Waals surface area contributed by atoms with Crippen LogP contribution in [0, 0.1) is 12.7 Å². The normalized spacial score (nSPS) is 10.8. The lowest BCUT2D eigenvalue weighted by Gasteiger charge is -2.22. The van der Waals surface area contributed by atoms with Crippen molar-refractivity contribution in [2.24, 2.45) is 0 Å². The smallest absolute Gasteiger partial charge is 0.255 e. The molecule has 0 spiro atoms. The molecule has 0 N–H and O–H groups in total. The molecule has 0 bridgehead atoms. The van der Waals surface area contributed by atoms with Gasteiger partial charge in [-0.25, -0.2) is 13.2 Å². The van der Waals surface area contributed by atoms with E-state index in [1.807, 2.05) is 0 Å². The van der Waals surface area contributed by atoms with Crippen LogP contribution in [-0.4, -0.2) is 35.7 Å². The summed E-state index contributed by atoms with van der Waals surface area (Å²) in [6, 6.07) is 3.76. The molecule has 1 aromatic carbocycles. The molecular formula is C12H13BrF3NO. The standard InChI is InChI=1S/C12H13BrF3NO/c1-8-2-3-9(14)6-10(8)12(18)17(5-4-13)7-11(15)16/h2-3,6,11H,4-5,7H2,1H3. The Balaban J connectivity index is 2.97. The van der Waals surface area contributed by atoms with E-state index in [-0.39, 0.29) is 12.1 Å². The number of aryl methyl sites for hydroxylation is 1. The number of rotatable bonds is 5. The Labute approximate surface area is 112 Å². The minimum atomic E-state index is -2.61. The molecule has 0 unspecified atom stereocenters. The van der Waals surface area contributed by atoms with E-state index in [9.17, 15) is 18.0 Å². The summed E-state index contributed by atoms with van der Waals surface area (Å²) in [6.07, 6.45) is -2.61. The molecule has 1 amide bonds. The minimum absolute atomic E-state index is 0.122. The van der Waals surface area contributed by atoms with Crippen LogP contribution in [0.25, 0.3) is 0 Å². The fourth-order valence-electron chi connectivity index (χ4n) is 1.54. The first-order valence-electron chi connectivity index (χ1n) is 5.35. The Hall–Kier alpha value is -1.04. The summed E-state index contributed by atoms with van der Waals surface area (Å²) in [6.45, 7) is 1.14. The van der Waals surface area contributed by atoms with Gasteiger partial charge in [-0.1, -0.05) is 22.0 Å². The van der Waals surface area contributed by atoms with E-state index in [1.165, 1.54) is 12.1 Å². The van der Waals surface area contributed by atoms with E-state index in [1.54, 1.807) is 6.92 Å². The summed E-state index contributed by atoms with van der Waals surface area (Å²) in [5.74, 6) is -1.13. The summed E-state index contributed by atoms with van der Waals surface area (Å²) in [5, 5.41) is 0.389. The molecule has 0 aromatic heterocycles. The average molecular weight is 324 g/mol. The van der Waals surface area contributed by atoms with Gasteiger partial charge in [-0.15, -0.1) is 0 Å². The van der Waals surface area contributed by atoms with Gasteiger partial charge < -0.3 is 4.90 Å². The van der Waals surface area contributed by atoms with Crippen molar-refractivity contribution in [3.8, 4) is 0 Å². The molecule has 1 aromatic rings. The highest BCUT2D eigenvalue weighted by atomic mass is 79.9. The fourth-order valence-corrected chi connectivity index (χ4v) is 1.97. The highest BCUT2D eigenvalue weighted by molar-refractivity contribution is 9.09. The first kappa shape index (κ1) is 15.0. The van der Waals surface area contributed by atoms with Crippen molar-refractivity contribution in [2.45, 2.75) is 13.3 Å². The molecule has 6 heteroatoms. The zero-order valence-corrected chi connectivity index (χ0v) is 11.4. The number of carbonyl (C=O) groups is 1. The van der Waals surface area contributed by atoms with Gasteiger partial charge in [0.15, 0.2) is 0 Å². The van der Waals surface area contributed by atoms with E-state index in [4.69, 9.17) is 0 Å². The third-order valence-corrected chi connectivity index (χ3v) is 2.78. The summed E-state index contributed by atoms with van der Waals surface area (Å²) in [4.78, 5) is 13.1. The van der Waals surface area contributed by atoms with Crippen LogP contribution >= 0.6 is 15.9 Å². The second-order valence-corrected chi connectivity index (χ2v) is 4.58. The fraction of sp³-hybridized carbons (Fsp3) is 0.417. The number of halogens is 4. The van der Waals surface area contributed by atoms with Gasteiger partial charge in [0, 0.05) is 17.4 Å². The molecule has 0 heterocycles. The number of benzene rings is 1. The maximum atomic E-state index is 13.1. The third kappa shape index (κ3) is 4.01.